The van der Waals surface area contributed by atoms with Crippen LogP contribution in [0.4, 0.5) is 6.01 Å². The van der Waals surface area contributed by atoms with Gasteiger partial charge in [-0.2, -0.15) is 4.98 Å². The first-order chi connectivity index (χ1) is 10.3. The van der Waals surface area contributed by atoms with Gasteiger partial charge in [-0.15, -0.1) is 0 Å². The molecule has 0 aliphatic heterocycles. The molecule has 4 nitrogen and oxygen atoms in total. The monoisotopic (exact) mass is 282 g/mol. The molecule has 0 fully saturated rings. The molecule has 1 unspecified atom stereocenters. The van der Waals surface area contributed by atoms with Crippen molar-refractivity contribution in [2.45, 2.75) is 19.9 Å². The van der Waals surface area contributed by atoms with E-state index >= 15 is 0 Å². The van der Waals surface area contributed by atoms with Gasteiger partial charge in [-0.1, -0.05) is 24.3 Å². The fourth-order valence-electron chi connectivity index (χ4n) is 2.22. The lowest BCUT2D eigenvalue weighted by Crippen LogP contribution is -2.06. The largest absolute Gasteiger partial charge is 0.494 e. The van der Waals surface area contributed by atoms with Gasteiger partial charge in [0.25, 0.3) is 6.01 Å². The zero-order valence-corrected chi connectivity index (χ0v) is 12.2. The van der Waals surface area contributed by atoms with Gasteiger partial charge in [-0.3, -0.25) is 0 Å². The van der Waals surface area contributed by atoms with E-state index in [2.05, 4.69) is 17.2 Å². The minimum absolute atomic E-state index is 0.105. The van der Waals surface area contributed by atoms with Crippen LogP contribution in [-0.4, -0.2) is 11.6 Å². The number of para-hydroxylation sites is 2. The van der Waals surface area contributed by atoms with Crippen LogP contribution in [0.25, 0.3) is 11.1 Å². The van der Waals surface area contributed by atoms with E-state index in [9.17, 15) is 0 Å². The second-order valence-corrected chi connectivity index (χ2v) is 4.85. The van der Waals surface area contributed by atoms with Gasteiger partial charge in [0.05, 0.1) is 12.6 Å². The highest BCUT2D eigenvalue weighted by Gasteiger charge is 2.10. The summed E-state index contributed by atoms with van der Waals surface area (Å²) in [6.07, 6.45) is 0. The molecule has 1 N–H and O–H groups in total. The summed E-state index contributed by atoms with van der Waals surface area (Å²) in [5, 5.41) is 3.28. The molecule has 0 saturated heterocycles. The number of hydrogen-bond acceptors (Lipinski definition) is 4. The third-order valence-electron chi connectivity index (χ3n) is 3.32. The summed E-state index contributed by atoms with van der Waals surface area (Å²) in [4.78, 5) is 4.42. The SMILES string of the molecule is CCOc1ccc(C(C)Nc2nc3ccccc3o2)cc1. The fraction of sp³-hybridized carbons (Fsp3) is 0.235. The van der Waals surface area contributed by atoms with Crippen molar-refractivity contribution >= 4 is 17.1 Å². The lowest BCUT2D eigenvalue weighted by Gasteiger charge is -2.13. The predicted molar refractivity (Wildman–Crippen MR) is 83.7 cm³/mol. The smallest absolute Gasteiger partial charge is 0.296 e. The average molecular weight is 282 g/mol. The molecule has 1 aromatic heterocycles. The van der Waals surface area contributed by atoms with Gasteiger partial charge in [0, 0.05) is 0 Å². The molecule has 21 heavy (non-hydrogen) atoms. The van der Waals surface area contributed by atoms with Gasteiger partial charge >= 0.3 is 0 Å². The Kier molecular flexibility index (Phi) is 3.77. The lowest BCUT2D eigenvalue weighted by molar-refractivity contribution is 0.340. The van der Waals surface area contributed by atoms with E-state index in [4.69, 9.17) is 9.15 Å². The third kappa shape index (κ3) is 2.99. The van der Waals surface area contributed by atoms with Gasteiger partial charge in [0.15, 0.2) is 5.58 Å². The number of nitrogens with one attached hydrogen (secondary N) is 1. The quantitative estimate of drug-likeness (QED) is 0.753. The number of anilines is 1. The predicted octanol–water partition coefficient (Wildman–Crippen LogP) is 4.40. The van der Waals surface area contributed by atoms with Crippen LogP contribution in [-0.2, 0) is 0 Å². The van der Waals surface area contributed by atoms with Crippen molar-refractivity contribution in [2.24, 2.45) is 0 Å². The summed E-state index contributed by atoms with van der Waals surface area (Å²) in [7, 11) is 0. The van der Waals surface area contributed by atoms with E-state index in [0.717, 1.165) is 22.4 Å². The Morgan fingerprint density at radius 1 is 1.14 bits per heavy atom. The van der Waals surface area contributed by atoms with Crippen LogP contribution < -0.4 is 10.1 Å². The van der Waals surface area contributed by atoms with Gasteiger partial charge in [0.1, 0.15) is 11.3 Å². The Bertz CT molecular complexity index is 686. The van der Waals surface area contributed by atoms with Crippen LogP contribution >= 0.6 is 0 Å². The van der Waals surface area contributed by atoms with Crippen LogP contribution in [0.3, 0.4) is 0 Å². The molecule has 3 aromatic rings. The van der Waals surface area contributed by atoms with Crippen LogP contribution in [0.2, 0.25) is 0 Å². The van der Waals surface area contributed by atoms with Crippen LogP contribution in [0, 0.1) is 0 Å². The van der Waals surface area contributed by atoms with Gasteiger partial charge < -0.3 is 14.5 Å². The Hall–Kier alpha value is -2.49. The van der Waals surface area contributed by atoms with E-state index < -0.39 is 0 Å². The van der Waals surface area contributed by atoms with Crippen molar-refractivity contribution in [3.8, 4) is 5.75 Å². The summed E-state index contributed by atoms with van der Waals surface area (Å²) in [5.41, 5.74) is 2.80. The number of oxazole rings is 1. The van der Waals surface area contributed by atoms with Crippen molar-refractivity contribution in [1.82, 2.24) is 4.98 Å². The number of rotatable bonds is 5. The van der Waals surface area contributed by atoms with Crippen molar-refractivity contribution in [1.29, 1.82) is 0 Å². The number of hydrogen-bond donors (Lipinski definition) is 1. The fourth-order valence-corrected chi connectivity index (χ4v) is 2.22. The second-order valence-electron chi connectivity index (χ2n) is 4.85. The van der Waals surface area contributed by atoms with Gasteiger partial charge in [-0.05, 0) is 43.7 Å². The molecule has 0 spiro atoms. The lowest BCUT2D eigenvalue weighted by atomic mass is 10.1. The molecule has 4 heteroatoms. The first-order valence-corrected chi connectivity index (χ1v) is 7.11. The number of aromatic nitrogens is 1. The minimum Gasteiger partial charge on any atom is -0.494 e. The maximum absolute atomic E-state index is 5.68. The van der Waals surface area contributed by atoms with Crippen molar-refractivity contribution in [2.75, 3.05) is 11.9 Å². The summed E-state index contributed by atoms with van der Waals surface area (Å²) in [5.74, 6) is 0.885. The maximum atomic E-state index is 5.68. The highest BCUT2D eigenvalue weighted by atomic mass is 16.5. The molecule has 0 saturated carbocycles. The van der Waals surface area contributed by atoms with Crippen LogP contribution in [0.15, 0.2) is 52.9 Å². The Morgan fingerprint density at radius 2 is 1.90 bits per heavy atom. The molecule has 1 atom stereocenters. The van der Waals surface area contributed by atoms with Crippen molar-refractivity contribution in [3.63, 3.8) is 0 Å². The van der Waals surface area contributed by atoms with Gasteiger partial charge in [-0.25, -0.2) is 0 Å². The number of nitrogens with zero attached hydrogens (tertiary/aromatic N) is 1. The summed E-state index contributed by atoms with van der Waals surface area (Å²) < 4.78 is 11.1. The molecular formula is C17H18N2O2. The molecular weight excluding hydrogens is 264 g/mol. The minimum atomic E-state index is 0.105. The first-order valence-electron chi connectivity index (χ1n) is 7.11. The zero-order chi connectivity index (χ0) is 14.7. The average Bonchev–Trinajstić information content (AvgIpc) is 2.90. The molecule has 108 valence electrons. The van der Waals surface area contributed by atoms with E-state index in [-0.39, 0.29) is 6.04 Å². The Morgan fingerprint density at radius 3 is 2.62 bits per heavy atom. The summed E-state index contributed by atoms with van der Waals surface area (Å²) in [6.45, 7) is 4.73. The third-order valence-corrected chi connectivity index (χ3v) is 3.32. The van der Waals surface area contributed by atoms with Gasteiger partial charge in [0.2, 0.25) is 0 Å². The number of fused-ring (bicyclic) bond motifs is 1. The molecule has 0 amide bonds. The Balaban J connectivity index is 1.74. The number of benzene rings is 2. The highest BCUT2D eigenvalue weighted by Crippen LogP contribution is 2.24. The molecule has 0 bridgehead atoms. The molecule has 0 aliphatic carbocycles. The van der Waals surface area contributed by atoms with E-state index in [1.165, 1.54) is 0 Å². The van der Waals surface area contributed by atoms with E-state index in [1.54, 1.807) is 0 Å². The van der Waals surface area contributed by atoms with E-state index in [1.807, 2.05) is 55.5 Å². The molecule has 0 radical (unpaired) electrons. The van der Waals surface area contributed by atoms with E-state index in [0.29, 0.717) is 12.6 Å². The topological polar surface area (TPSA) is 47.3 Å². The molecule has 2 aromatic carbocycles. The highest BCUT2D eigenvalue weighted by molar-refractivity contribution is 5.74. The molecule has 3 rings (SSSR count). The van der Waals surface area contributed by atoms with Crippen LogP contribution in [0.1, 0.15) is 25.5 Å². The first kappa shape index (κ1) is 13.5. The Labute approximate surface area is 123 Å². The second kappa shape index (κ2) is 5.87. The zero-order valence-electron chi connectivity index (χ0n) is 12.2. The van der Waals surface area contributed by atoms with Crippen molar-refractivity contribution in [3.05, 3.63) is 54.1 Å². The van der Waals surface area contributed by atoms with Crippen LogP contribution in [0.5, 0.6) is 5.75 Å². The van der Waals surface area contributed by atoms with Crippen molar-refractivity contribution < 1.29 is 9.15 Å². The summed E-state index contributed by atoms with van der Waals surface area (Å²) in [6, 6.07) is 16.4. The molecule has 0 aliphatic rings. The normalized spacial score (nSPS) is 12.3. The standard InChI is InChI=1S/C17H18N2O2/c1-3-20-14-10-8-13(9-11-14)12(2)18-17-19-15-6-4-5-7-16(15)21-17/h4-12H,3H2,1-2H3,(H,18,19). The molecule has 1 heterocycles. The number of ether oxygens (including phenoxy) is 1. The summed E-state index contributed by atoms with van der Waals surface area (Å²) >= 11 is 0. The maximum Gasteiger partial charge on any atom is 0.296 e.